The summed E-state index contributed by atoms with van der Waals surface area (Å²) in [5, 5.41) is 57.7. The molecule has 0 spiro atoms. The largest absolute Gasteiger partial charge is 0.508 e. The van der Waals surface area contributed by atoms with Gasteiger partial charge in [0, 0.05) is 6.54 Å². The lowest BCUT2D eigenvalue weighted by molar-refractivity contribution is -0.140. The molecule has 1 aromatic rings. The minimum atomic E-state index is -1.18. The highest BCUT2D eigenvalue weighted by Gasteiger charge is 2.17. The van der Waals surface area contributed by atoms with E-state index in [-0.39, 0.29) is 30.6 Å². The van der Waals surface area contributed by atoms with Gasteiger partial charge in [0.25, 0.3) is 0 Å². The zero-order valence-electron chi connectivity index (χ0n) is 25.8. The van der Waals surface area contributed by atoms with Crippen LogP contribution in [0.1, 0.15) is 38.7 Å². The van der Waals surface area contributed by atoms with Crippen LogP contribution in [0.5, 0.6) is 5.75 Å². The molecule has 266 valence electrons. The van der Waals surface area contributed by atoms with Crippen molar-refractivity contribution >= 4 is 35.8 Å². The SMILES string of the molecule is CCC(C)C(N)C(=O)O.NC(CO)C(=O)O.NC(Cc1ccc(O)cc1)C(=O)O.NC(N)=NCCCC(N)C(=O)O.NCC(=O)O. The average molecular weight is 667 g/mol. The normalized spacial score (nSPS) is 12.8. The van der Waals surface area contributed by atoms with Gasteiger partial charge >= 0.3 is 29.8 Å². The molecule has 0 aliphatic heterocycles. The maximum atomic E-state index is 10.4. The van der Waals surface area contributed by atoms with Crippen molar-refractivity contribution in [3.63, 3.8) is 0 Å². The number of aliphatic imine (C=N–C) groups is 1. The Morgan fingerprint density at radius 3 is 1.48 bits per heavy atom. The van der Waals surface area contributed by atoms with E-state index in [1.807, 2.05) is 13.8 Å². The van der Waals surface area contributed by atoms with E-state index >= 15 is 0 Å². The number of hydrogen-bond acceptors (Lipinski definition) is 13. The lowest BCUT2D eigenvalue weighted by Crippen LogP contribution is -2.36. The highest BCUT2D eigenvalue weighted by atomic mass is 16.4. The number of phenolic OH excluding ortho intramolecular Hbond substituents is 1. The predicted molar refractivity (Wildman–Crippen MR) is 167 cm³/mol. The summed E-state index contributed by atoms with van der Waals surface area (Å²) in [5.41, 5.74) is 36.1. The third-order valence-electron chi connectivity index (χ3n) is 5.22. The van der Waals surface area contributed by atoms with Gasteiger partial charge in [0.2, 0.25) is 0 Å². The summed E-state index contributed by atoms with van der Waals surface area (Å²) in [6.07, 6.45) is 2.04. The molecule has 5 unspecified atom stereocenters. The number of carboxylic acid groups (broad SMARTS) is 5. The van der Waals surface area contributed by atoms with E-state index in [1.165, 1.54) is 12.1 Å². The summed E-state index contributed by atoms with van der Waals surface area (Å²) < 4.78 is 0. The summed E-state index contributed by atoms with van der Waals surface area (Å²) in [7, 11) is 0. The third-order valence-corrected chi connectivity index (χ3v) is 5.22. The van der Waals surface area contributed by atoms with Gasteiger partial charge in [0.15, 0.2) is 5.96 Å². The van der Waals surface area contributed by atoms with Crippen LogP contribution in [-0.4, -0.2) is 115 Å². The first-order valence-electron chi connectivity index (χ1n) is 13.5. The van der Waals surface area contributed by atoms with Crippen LogP contribution in [0.3, 0.4) is 0 Å². The van der Waals surface area contributed by atoms with Crippen LogP contribution in [0.25, 0.3) is 0 Å². The van der Waals surface area contributed by atoms with E-state index in [0.717, 1.165) is 12.0 Å². The highest BCUT2D eigenvalue weighted by molar-refractivity contribution is 5.76. The van der Waals surface area contributed by atoms with Crippen LogP contribution in [0.2, 0.25) is 0 Å². The van der Waals surface area contributed by atoms with Crippen molar-refractivity contribution in [3.05, 3.63) is 29.8 Å². The average Bonchev–Trinajstić information content (AvgIpc) is 2.99. The van der Waals surface area contributed by atoms with Crippen LogP contribution < -0.4 is 40.1 Å². The number of aromatic hydroxyl groups is 1. The van der Waals surface area contributed by atoms with E-state index < -0.39 is 60.6 Å². The van der Waals surface area contributed by atoms with Gasteiger partial charge in [0.05, 0.1) is 13.2 Å². The quantitative estimate of drug-likeness (QED) is 0.0524. The Hall–Kier alpha value is -4.60. The topological polar surface area (TPSA) is 421 Å². The number of hydrogen-bond donors (Lipinski definition) is 14. The van der Waals surface area contributed by atoms with Crippen LogP contribution in [0.4, 0.5) is 0 Å². The molecule has 0 heterocycles. The van der Waals surface area contributed by atoms with Crippen molar-refractivity contribution in [1.29, 1.82) is 0 Å². The molecule has 0 radical (unpaired) electrons. The Balaban J connectivity index is -0.000000249. The summed E-state index contributed by atoms with van der Waals surface area (Å²) in [6.45, 7) is 3.39. The molecule has 1 rings (SSSR count). The van der Waals surface area contributed by atoms with Crippen molar-refractivity contribution in [2.75, 3.05) is 19.7 Å². The Bertz CT molecular complexity index is 1040. The van der Waals surface area contributed by atoms with Crippen LogP contribution in [-0.2, 0) is 30.4 Å². The number of carbonyl (C=O) groups is 5. The zero-order chi connectivity index (χ0) is 37.0. The molecular weight excluding hydrogens is 616 g/mol. The Morgan fingerprint density at radius 1 is 0.783 bits per heavy atom. The molecule has 20 heteroatoms. The maximum absolute atomic E-state index is 10.4. The summed E-state index contributed by atoms with van der Waals surface area (Å²) in [6, 6.07) is 2.78. The molecule has 20 nitrogen and oxygen atoms in total. The maximum Gasteiger partial charge on any atom is 0.322 e. The second-order valence-corrected chi connectivity index (χ2v) is 9.18. The molecule has 0 aliphatic rings. The summed E-state index contributed by atoms with van der Waals surface area (Å²) in [4.78, 5) is 53.4. The zero-order valence-corrected chi connectivity index (χ0v) is 25.8. The lowest BCUT2D eigenvalue weighted by atomic mass is 10.0. The van der Waals surface area contributed by atoms with Crippen molar-refractivity contribution in [1.82, 2.24) is 0 Å². The van der Waals surface area contributed by atoms with Crippen molar-refractivity contribution in [2.45, 2.75) is 63.7 Å². The molecule has 46 heavy (non-hydrogen) atoms. The second kappa shape index (κ2) is 29.1. The van der Waals surface area contributed by atoms with Crippen molar-refractivity contribution in [3.8, 4) is 5.75 Å². The number of benzene rings is 1. The number of phenols is 1. The fourth-order valence-corrected chi connectivity index (χ4v) is 2.19. The molecule has 1 aromatic carbocycles. The Labute approximate surface area is 265 Å². The lowest BCUT2D eigenvalue weighted by Gasteiger charge is -2.11. The monoisotopic (exact) mass is 666 g/mol. The number of aliphatic carboxylic acids is 5. The van der Waals surface area contributed by atoms with Gasteiger partial charge in [-0.2, -0.15) is 0 Å². The third kappa shape index (κ3) is 32.3. The molecule has 0 fully saturated rings. The van der Waals surface area contributed by atoms with Crippen LogP contribution >= 0.6 is 0 Å². The van der Waals surface area contributed by atoms with Gasteiger partial charge < -0.3 is 75.9 Å². The number of carboxylic acids is 5. The molecule has 0 amide bonds. The van der Waals surface area contributed by atoms with Gasteiger partial charge in [-0.25, -0.2) is 0 Å². The first-order chi connectivity index (χ1) is 21.2. The van der Waals surface area contributed by atoms with E-state index in [0.29, 0.717) is 19.4 Å². The number of aliphatic hydroxyl groups is 1. The Kier molecular flexibility index (Phi) is 30.6. The molecule has 0 aromatic heterocycles. The molecule has 0 saturated heterocycles. The summed E-state index contributed by atoms with van der Waals surface area (Å²) in [5.74, 6) is -4.83. The molecule has 21 N–H and O–H groups in total. The first kappa shape index (κ1) is 48.3. The van der Waals surface area contributed by atoms with E-state index in [4.69, 9.17) is 70.1 Å². The minimum Gasteiger partial charge on any atom is -0.508 e. The van der Waals surface area contributed by atoms with Gasteiger partial charge in [-0.15, -0.1) is 0 Å². The molecule has 0 saturated carbocycles. The van der Waals surface area contributed by atoms with E-state index in [1.54, 1.807) is 12.1 Å². The van der Waals surface area contributed by atoms with E-state index in [2.05, 4.69) is 10.7 Å². The predicted octanol–water partition coefficient (Wildman–Crippen LogP) is -3.34. The van der Waals surface area contributed by atoms with E-state index in [9.17, 15) is 24.0 Å². The highest BCUT2D eigenvalue weighted by Crippen LogP contribution is 2.10. The molecule has 0 bridgehead atoms. The molecular formula is C26H50N8O12. The van der Waals surface area contributed by atoms with Crippen LogP contribution in [0, 0.1) is 5.92 Å². The van der Waals surface area contributed by atoms with Gasteiger partial charge in [-0.3, -0.25) is 29.0 Å². The number of guanidine groups is 1. The minimum absolute atomic E-state index is 0.0129. The molecule has 5 atom stereocenters. The van der Waals surface area contributed by atoms with Crippen LogP contribution in [0.15, 0.2) is 29.3 Å². The standard InChI is InChI=1S/C9H11NO3.C6H14N4O2.C6H13NO2.C3H7NO3.C2H5NO2/c10-8(9(12)13)5-6-1-3-7(11)4-2-6;7-4(5(11)12)2-1-3-10-6(8)9;1-3-4(2)5(7)6(8)9;4-2(1-5)3(6)7;3-1-2(4)5/h1-4,8,11H,5,10H2,(H,12,13);4H,1-3,7H2,(H,11,12)(H4,8,9,10);4-5H,3,7H2,1-2H3,(H,8,9);2,5H,1,4H2,(H,6,7);1,3H2,(H,4,5). The van der Waals surface area contributed by atoms with Crippen molar-refractivity contribution in [2.24, 2.45) is 51.0 Å². The number of nitrogens with two attached hydrogens (primary N) is 7. The fraction of sp³-hybridized carbons (Fsp3) is 0.538. The fourth-order valence-electron chi connectivity index (χ4n) is 2.19. The van der Waals surface area contributed by atoms with Crippen molar-refractivity contribution < 1.29 is 59.7 Å². The van der Waals surface area contributed by atoms with Gasteiger partial charge in [0.1, 0.15) is 29.9 Å². The smallest absolute Gasteiger partial charge is 0.322 e. The Morgan fingerprint density at radius 2 is 1.22 bits per heavy atom. The van der Waals surface area contributed by atoms with Gasteiger partial charge in [-0.05, 0) is 42.9 Å². The number of aliphatic hydroxyl groups excluding tert-OH is 1. The number of rotatable bonds is 14. The summed E-state index contributed by atoms with van der Waals surface area (Å²) >= 11 is 0. The molecule has 0 aliphatic carbocycles. The second-order valence-electron chi connectivity index (χ2n) is 9.18. The van der Waals surface area contributed by atoms with Gasteiger partial charge in [-0.1, -0.05) is 32.4 Å². The number of nitrogens with zero attached hydrogens (tertiary/aromatic N) is 1. The first-order valence-corrected chi connectivity index (χ1v) is 13.5.